The minimum Gasteiger partial charge on any atom is -0.340 e. The van der Waals surface area contributed by atoms with Crippen molar-refractivity contribution in [1.82, 2.24) is 19.7 Å². The number of fused-ring (bicyclic) bond motifs is 1. The van der Waals surface area contributed by atoms with Crippen LogP contribution in [0.5, 0.6) is 0 Å². The molecule has 0 spiro atoms. The first-order valence-corrected chi connectivity index (χ1v) is 8.21. The fourth-order valence-corrected chi connectivity index (χ4v) is 3.19. The molecule has 3 aromatic rings. The van der Waals surface area contributed by atoms with Crippen molar-refractivity contribution in [3.05, 3.63) is 35.5 Å². The molecule has 0 aliphatic carbocycles. The van der Waals surface area contributed by atoms with E-state index in [1.807, 2.05) is 4.90 Å². The number of piperidine rings is 1. The maximum atomic E-state index is 13.8. The predicted molar refractivity (Wildman–Crippen MR) is 87.5 cm³/mol. The van der Waals surface area contributed by atoms with Crippen molar-refractivity contribution < 1.29 is 17.7 Å². The van der Waals surface area contributed by atoms with Gasteiger partial charge in [0.2, 0.25) is 11.8 Å². The Morgan fingerprint density at radius 3 is 2.73 bits per heavy atom. The molecular formula is C16H17F3N6O. The van der Waals surface area contributed by atoms with E-state index in [0.29, 0.717) is 29.7 Å². The van der Waals surface area contributed by atoms with Gasteiger partial charge in [0, 0.05) is 32.1 Å². The summed E-state index contributed by atoms with van der Waals surface area (Å²) < 4.78 is 47.8. The van der Waals surface area contributed by atoms with Crippen LogP contribution in [0.25, 0.3) is 11.0 Å². The highest BCUT2D eigenvalue weighted by molar-refractivity contribution is 5.79. The molecule has 3 heterocycles. The summed E-state index contributed by atoms with van der Waals surface area (Å²) in [5, 5.41) is 3.84. The Morgan fingerprint density at radius 2 is 2.04 bits per heavy atom. The molecule has 0 bridgehead atoms. The Balaban J connectivity index is 1.81. The monoisotopic (exact) mass is 366 g/mol. The molecule has 1 aliphatic heterocycles. The zero-order chi connectivity index (χ0) is 18.4. The van der Waals surface area contributed by atoms with E-state index in [1.165, 1.54) is 0 Å². The molecule has 26 heavy (non-hydrogen) atoms. The Bertz CT molecular complexity index is 955. The smallest absolute Gasteiger partial charge is 0.223 e. The van der Waals surface area contributed by atoms with Crippen LogP contribution in [-0.2, 0) is 6.54 Å². The Labute approximate surface area is 146 Å². The number of hydrogen-bond donors (Lipinski definition) is 1. The highest BCUT2D eigenvalue weighted by Crippen LogP contribution is 2.28. The van der Waals surface area contributed by atoms with Gasteiger partial charge < -0.3 is 19.7 Å². The fraction of sp³-hybridized carbons (Fsp3) is 0.438. The minimum atomic E-state index is -1.08. The van der Waals surface area contributed by atoms with E-state index in [2.05, 4.69) is 15.1 Å². The van der Waals surface area contributed by atoms with Crippen molar-refractivity contribution in [3.8, 4) is 0 Å². The average Bonchev–Trinajstić information content (AvgIpc) is 3.15. The molecule has 1 aromatic carbocycles. The molecule has 0 radical (unpaired) electrons. The lowest BCUT2D eigenvalue weighted by atomic mass is 10.1. The van der Waals surface area contributed by atoms with Crippen LogP contribution < -0.4 is 10.6 Å². The highest BCUT2D eigenvalue weighted by Gasteiger charge is 2.29. The normalized spacial score (nSPS) is 20.9. The van der Waals surface area contributed by atoms with Crippen molar-refractivity contribution >= 4 is 17.0 Å². The number of aromatic nitrogens is 4. The number of nitrogens with two attached hydrogens (primary N) is 1. The molecule has 2 N–H and O–H groups in total. The van der Waals surface area contributed by atoms with Gasteiger partial charge >= 0.3 is 0 Å². The van der Waals surface area contributed by atoms with Crippen LogP contribution >= 0.6 is 0 Å². The quantitative estimate of drug-likeness (QED) is 0.762. The van der Waals surface area contributed by atoms with Gasteiger partial charge in [0.05, 0.1) is 23.6 Å². The molecule has 1 saturated heterocycles. The van der Waals surface area contributed by atoms with E-state index in [4.69, 9.17) is 10.3 Å². The van der Waals surface area contributed by atoms with Crippen LogP contribution in [-0.4, -0.2) is 45.0 Å². The lowest BCUT2D eigenvalue weighted by Gasteiger charge is -2.33. The van der Waals surface area contributed by atoms with Crippen molar-refractivity contribution in [3.63, 3.8) is 0 Å². The minimum absolute atomic E-state index is 0.152. The summed E-state index contributed by atoms with van der Waals surface area (Å²) >= 11 is 0. The van der Waals surface area contributed by atoms with Crippen molar-refractivity contribution in [1.29, 1.82) is 0 Å². The summed E-state index contributed by atoms with van der Waals surface area (Å²) in [6, 6.07) is 1.46. The second-order valence-electron chi connectivity index (χ2n) is 6.40. The number of imidazole rings is 1. The lowest BCUT2D eigenvalue weighted by molar-refractivity contribution is 0.243. The third kappa shape index (κ3) is 2.90. The van der Waals surface area contributed by atoms with Gasteiger partial charge in [-0.15, -0.1) is 0 Å². The van der Waals surface area contributed by atoms with Gasteiger partial charge in [-0.3, -0.25) is 0 Å². The molecule has 2 aromatic heterocycles. The van der Waals surface area contributed by atoms with Crippen LogP contribution in [0.1, 0.15) is 18.1 Å². The zero-order valence-electron chi connectivity index (χ0n) is 14.0. The zero-order valence-corrected chi connectivity index (χ0v) is 14.0. The van der Waals surface area contributed by atoms with Gasteiger partial charge in [0.15, 0.2) is 17.5 Å². The van der Waals surface area contributed by atoms with Gasteiger partial charge in [0.1, 0.15) is 6.17 Å². The van der Waals surface area contributed by atoms with Crippen LogP contribution in [0.3, 0.4) is 0 Å². The Kier molecular flexibility index (Phi) is 4.06. The maximum absolute atomic E-state index is 13.8. The number of nitrogens with zero attached hydrogens (tertiary/aromatic N) is 5. The molecule has 0 saturated carbocycles. The Morgan fingerprint density at radius 1 is 1.27 bits per heavy atom. The summed E-state index contributed by atoms with van der Waals surface area (Å²) in [5.74, 6) is -0.757. The van der Waals surface area contributed by atoms with E-state index in [0.717, 1.165) is 12.1 Å². The maximum Gasteiger partial charge on any atom is 0.223 e. The number of rotatable bonds is 3. The summed E-state index contributed by atoms with van der Waals surface area (Å²) in [5.41, 5.74) is 6.51. The molecule has 1 aliphatic rings. The first-order chi connectivity index (χ1) is 12.4. The summed E-state index contributed by atoms with van der Waals surface area (Å²) in [6.45, 7) is 2.46. The van der Waals surface area contributed by atoms with Crippen molar-refractivity contribution in [2.24, 2.45) is 5.73 Å². The van der Waals surface area contributed by atoms with Gasteiger partial charge in [0.25, 0.3) is 0 Å². The number of benzene rings is 1. The number of halogens is 3. The molecule has 1 unspecified atom stereocenters. The van der Waals surface area contributed by atoms with Crippen LogP contribution in [0, 0.1) is 18.6 Å². The third-order valence-corrected chi connectivity index (χ3v) is 4.49. The van der Waals surface area contributed by atoms with Gasteiger partial charge in [-0.05, 0) is 6.42 Å². The highest BCUT2D eigenvalue weighted by atomic mass is 19.2. The van der Waals surface area contributed by atoms with Crippen molar-refractivity contribution in [2.45, 2.75) is 32.1 Å². The van der Waals surface area contributed by atoms with Crippen LogP contribution in [0.15, 0.2) is 16.7 Å². The van der Waals surface area contributed by atoms with Gasteiger partial charge in [-0.25, -0.2) is 18.2 Å². The first kappa shape index (κ1) is 16.8. The molecule has 138 valence electrons. The largest absolute Gasteiger partial charge is 0.340 e. The SMILES string of the molecule is Cc1nc(Cn2c(N3CCC(F)[C@H](N)C3)nc3cc(F)c(F)cc32)no1. The van der Waals surface area contributed by atoms with E-state index >= 15 is 0 Å². The topological polar surface area (TPSA) is 86.0 Å². The van der Waals surface area contributed by atoms with Crippen molar-refractivity contribution in [2.75, 3.05) is 18.0 Å². The number of anilines is 1. The lowest BCUT2D eigenvalue weighted by Crippen LogP contribution is -2.50. The Hall–Kier alpha value is -2.62. The van der Waals surface area contributed by atoms with Gasteiger partial charge in [-0.2, -0.15) is 4.98 Å². The number of hydrogen-bond acceptors (Lipinski definition) is 6. The predicted octanol–water partition coefficient (Wildman–Crippen LogP) is 1.93. The van der Waals surface area contributed by atoms with E-state index in [9.17, 15) is 13.2 Å². The van der Waals surface area contributed by atoms with E-state index in [-0.39, 0.29) is 25.0 Å². The van der Waals surface area contributed by atoms with E-state index in [1.54, 1.807) is 11.5 Å². The average molecular weight is 366 g/mol. The third-order valence-electron chi connectivity index (χ3n) is 4.49. The molecule has 2 atom stereocenters. The summed E-state index contributed by atoms with van der Waals surface area (Å²) in [6.07, 6.45) is -0.826. The molecule has 10 heteroatoms. The standard InChI is InChI=1S/C16H17F3N6O/c1-8-21-15(23-26-8)7-25-14-5-11(19)10(18)4-13(14)22-16(25)24-3-2-9(17)12(20)6-24/h4-5,9,12H,2-3,6-7,20H2,1H3/t9?,12-/m1/s1. The molecule has 7 nitrogen and oxygen atoms in total. The summed E-state index contributed by atoms with van der Waals surface area (Å²) in [4.78, 5) is 10.4. The summed E-state index contributed by atoms with van der Waals surface area (Å²) in [7, 11) is 0. The molecule has 1 fully saturated rings. The van der Waals surface area contributed by atoms with Crippen LogP contribution in [0.2, 0.25) is 0 Å². The second-order valence-corrected chi connectivity index (χ2v) is 6.40. The second kappa shape index (κ2) is 6.27. The van der Waals surface area contributed by atoms with E-state index < -0.39 is 23.8 Å². The fourth-order valence-electron chi connectivity index (χ4n) is 3.19. The number of aryl methyl sites for hydroxylation is 1. The first-order valence-electron chi connectivity index (χ1n) is 8.21. The molecule has 4 rings (SSSR count). The van der Waals surface area contributed by atoms with Crippen LogP contribution in [0.4, 0.5) is 19.1 Å². The molecule has 0 amide bonds. The van der Waals surface area contributed by atoms with Gasteiger partial charge in [-0.1, -0.05) is 5.16 Å². The number of alkyl halides is 1. The molecular weight excluding hydrogens is 349 g/mol.